The lowest BCUT2D eigenvalue weighted by molar-refractivity contribution is -0.0765. The van der Waals surface area contributed by atoms with Crippen molar-refractivity contribution in [3.8, 4) is 0 Å². The van der Waals surface area contributed by atoms with E-state index >= 15 is 0 Å². The summed E-state index contributed by atoms with van der Waals surface area (Å²) < 4.78 is 0. The molecule has 0 saturated heterocycles. The largest absolute Gasteiger partial charge is 0.391 e. The number of aliphatic hydroxyl groups is 1. The van der Waals surface area contributed by atoms with Crippen LogP contribution in [-0.2, 0) is 0 Å². The Morgan fingerprint density at radius 1 is 1.12 bits per heavy atom. The van der Waals surface area contributed by atoms with Gasteiger partial charge in [-0.2, -0.15) is 0 Å². The summed E-state index contributed by atoms with van der Waals surface area (Å²) in [6.07, 6.45) is 17.1. The van der Waals surface area contributed by atoms with Crippen molar-refractivity contribution in [1.29, 1.82) is 0 Å². The van der Waals surface area contributed by atoms with Crippen molar-refractivity contribution < 1.29 is 5.11 Å². The number of rotatable bonds is 3. The van der Waals surface area contributed by atoms with Crippen molar-refractivity contribution in [1.82, 2.24) is 4.90 Å². The summed E-state index contributed by atoms with van der Waals surface area (Å²) in [5, 5.41) is 10.9. The van der Waals surface area contributed by atoms with Crippen LogP contribution < -0.4 is 5.73 Å². The summed E-state index contributed by atoms with van der Waals surface area (Å²) in [6, 6.07) is -0.0290. The van der Waals surface area contributed by atoms with Gasteiger partial charge in [-0.05, 0) is 111 Å². The lowest BCUT2D eigenvalue weighted by Gasteiger charge is -2.59. The summed E-state index contributed by atoms with van der Waals surface area (Å²) in [4.78, 5) is 2.43. The lowest BCUT2D eigenvalue weighted by Crippen LogP contribution is -2.57. The lowest BCUT2D eigenvalue weighted by atomic mass is 9.47. The molecule has 4 aliphatic carbocycles. The second kappa shape index (κ2) is 8.64. The van der Waals surface area contributed by atoms with Crippen LogP contribution in [0.1, 0.15) is 79.1 Å². The molecule has 5 aliphatic rings. The molecule has 5 rings (SSSR count). The molecule has 1 heterocycles. The molecule has 0 aromatic rings. The Morgan fingerprint density at radius 2 is 1.85 bits per heavy atom. The first-order valence-electron chi connectivity index (χ1n) is 13.8. The molecule has 0 aromatic carbocycles. The van der Waals surface area contributed by atoms with Crippen LogP contribution in [0.3, 0.4) is 0 Å². The van der Waals surface area contributed by atoms with Gasteiger partial charge in [-0.25, -0.2) is 0 Å². The van der Waals surface area contributed by atoms with Gasteiger partial charge in [-0.15, -0.1) is 0 Å². The Hall–Kier alpha value is -0.900. The fraction of sp³-hybridized carbons (Fsp3) is 0.800. The van der Waals surface area contributed by atoms with E-state index in [0.29, 0.717) is 23.2 Å². The number of hydrogen-bond acceptors (Lipinski definition) is 3. The van der Waals surface area contributed by atoms with E-state index in [1.165, 1.54) is 45.1 Å². The Balaban J connectivity index is 1.35. The van der Waals surface area contributed by atoms with Gasteiger partial charge in [0.15, 0.2) is 0 Å². The van der Waals surface area contributed by atoms with Gasteiger partial charge in [-0.3, -0.25) is 0 Å². The van der Waals surface area contributed by atoms with Gasteiger partial charge in [0.2, 0.25) is 0 Å². The number of allylic oxidation sites excluding steroid dienone is 4. The minimum absolute atomic E-state index is 0.0290. The summed E-state index contributed by atoms with van der Waals surface area (Å²) in [5.74, 6) is 3.17. The van der Waals surface area contributed by atoms with Crippen LogP contribution in [0, 0.1) is 40.4 Å². The quantitative estimate of drug-likeness (QED) is 0.539. The van der Waals surface area contributed by atoms with Gasteiger partial charge in [0.25, 0.3) is 0 Å². The van der Waals surface area contributed by atoms with Crippen molar-refractivity contribution in [2.45, 2.75) is 91.2 Å². The molecule has 0 radical (unpaired) electrons. The van der Waals surface area contributed by atoms with Crippen LogP contribution in [0.25, 0.3) is 0 Å². The van der Waals surface area contributed by atoms with E-state index in [2.05, 4.69) is 57.9 Å². The molecular weight excluding hydrogens is 404 g/mol. The van der Waals surface area contributed by atoms with E-state index in [1.807, 2.05) is 0 Å². The average Bonchev–Trinajstić information content (AvgIpc) is 3.13. The Morgan fingerprint density at radius 3 is 2.61 bits per heavy atom. The highest BCUT2D eigenvalue weighted by Crippen LogP contribution is 2.66. The topological polar surface area (TPSA) is 49.5 Å². The van der Waals surface area contributed by atoms with Crippen molar-refractivity contribution in [2.75, 3.05) is 20.1 Å². The van der Waals surface area contributed by atoms with Crippen LogP contribution in [0.4, 0.5) is 0 Å². The maximum atomic E-state index is 10.9. The molecule has 3 heteroatoms. The minimum Gasteiger partial charge on any atom is -0.391 e. The maximum Gasteiger partial charge on any atom is 0.0727 e. The third-order valence-electron chi connectivity index (χ3n) is 11.4. The fourth-order valence-electron chi connectivity index (χ4n) is 9.26. The first-order chi connectivity index (χ1) is 15.6. The van der Waals surface area contributed by atoms with Gasteiger partial charge in [0.05, 0.1) is 6.10 Å². The summed E-state index contributed by atoms with van der Waals surface area (Å²) in [6.45, 7) is 12.2. The van der Waals surface area contributed by atoms with E-state index in [0.717, 1.165) is 31.2 Å². The molecule has 3 saturated carbocycles. The molecular formula is C30H48N2O. The van der Waals surface area contributed by atoms with Crippen LogP contribution in [0.5, 0.6) is 0 Å². The second-order valence-corrected chi connectivity index (χ2v) is 13.1. The summed E-state index contributed by atoms with van der Waals surface area (Å²) >= 11 is 0. The van der Waals surface area contributed by atoms with Crippen molar-refractivity contribution in [2.24, 2.45) is 46.2 Å². The van der Waals surface area contributed by atoms with E-state index in [4.69, 9.17) is 5.73 Å². The summed E-state index contributed by atoms with van der Waals surface area (Å²) in [5.41, 5.74) is 11.8. The van der Waals surface area contributed by atoms with Crippen LogP contribution in [0.15, 0.2) is 34.9 Å². The predicted octanol–water partition coefficient (Wildman–Crippen LogP) is 5.71. The zero-order chi connectivity index (χ0) is 23.5. The zero-order valence-corrected chi connectivity index (χ0v) is 21.8. The standard InChI is InChI=1S/C30H48N2O/c1-19(6-7-21-14-17-32(5)18-20(21)2)23-10-11-24-22-8-9-26-28(33)27(31)13-16-30(26,4)25(22)12-15-29(23,24)3/h6-8,19,23-28,33H,9-18,31H2,1-5H3/b7-6+/t19-,23-,24+,25+,26?,27-,28+,29-,30-/m1/s1. The molecule has 0 amide bonds. The van der Waals surface area contributed by atoms with E-state index in [-0.39, 0.29) is 17.6 Å². The van der Waals surface area contributed by atoms with Gasteiger partial charge in [0, 0.05) is 19.1 Å². The first kappa shape index (κ1) is 23.8. The summed E-state index contributed by atoms with van der Waals surface area (Å²) in [7, 11) is 2.23. The molecule has 184 valence electrons. The van der Waals surface area contributed by atoms with Crippen LogP contribution in [-0.4, -0.2) is 42.3 Å². The molecule has 9 atom stereocenters. The van der Waals surface area contributed by atoms with Gasteiger partial charge in [-0.1, -0.05) is 50.1 Å². The maximum absolute atomic E-state index is 10.9. The number of aliphatic hydroxyl groups excluding tert-OH is 1. The number of fused-ring (bicyclic) bond motifs is 5. The minimum atomic E-state index is -0.325. The number of nitrogens with zero attached hydrogens (tertiary/aromatic N) is 1. The molecule has 3 fully saturated rings. The van der Waals surface area contributed by atoms with Crippen molar-refractivity contribution in [3.63, 3.8) is 0 Å². The van der Waals surface area contributed by atoms with Crippen LogP contribution >= 0.6 is 0 Å². The van der Waals surface area contributed by atoms with Gasteiger partial charge in [0.1, 0.15) is 0 Å². The average molecular weight is 453 g/mol. The number of likely N-dealkylation sites (N-methyl/N-ethyl adjacent to an activating group) is 1. The highest BCUT2D eigenvalue weighted by Gasteiger charge is 2.59. The third kappa shape index (κ3) is 3.81. The molecule has 3 N–H and O–H groups in total. The Kier molecular flexibility index (Phi) is 6.24. The molecule has 1 aliphatic heterocycles. The Bertz CT molecular complexity index is 857. The number of hydrogen-bond donors (Lipinski definition) is 2. The second-order valence-electron chi connectivity index (χ2n) is 13.1. The third-order valence-corrected chi connectivity index (χ3v) is 11.4. The monoisotopic (exact) mass is 452 g/mol. The molecule has 0 bridgehead atoms. The van der Waals surface area contributed by atoms with Gasteiger partial charge < -0.3 is 15.7 Å². The molecule has 3 nitrogen and oxygen atoms in total. The fourth-order valence-corrected chi connectivity index (χ4v) is 9.26. The van der Waals surface area contributed by atoms with Gasteiger partial charge >= 0.3 is 0 Å². The molecule has 0 aromatic heterocycles. The first-order valence-corrected chi connectivity index (χ1v) is 13.8. The molecule has 33 heavy (non-hydrogen) atoms. The molecule has 0 spiro atoms. The van der Waals surface area contributed by atoms with E-state index in [1.54, 1.807) is 16.7 Å². The number of nitrogens with two attached hydrogens (primary N) is 1. The van der Waals surface area contributed by atoms with E-state index in [9.17, 15) is 5.11 Å². The van der Waals surface area contributed by atoms with Crippen molar-refractivity contribution in [3.05, 3.63) is 34.9 Å². The Labute approximate surface area is 202 Å². The highest BCUT2D eigenvalue weighted by atomic mass is 16.3. The van der Waals surface area contributed by atoms with E-state index < -0.39 is 0 Å². The predicted molar refractivity (Wildman–Crippen MR) is 138 cm³/mol. The molecule has 1 unspecified atom stereocenters. The normalized spacial score (nSPS) is 47.2. The smallest absolute Gasteiger partial charge is 0.0727 e. The zero-order valence-electron chi connectivity index (χ0n) is 21.8. The van der Waals surface area contributed by atoms with Crippen LogP contribution in [0.2, 0.25) is 0 Å². The SMILES string of the molecule is CC1=C(/C=C/[C@@H](C)[C@H]2CC[C@H]3C4=CCC5[C@H](O)[C@H](N)CC[C@]5(C)[C@H]4CC[C@]23C)CCN(C)C1. The highest BCUT2D eigenvalue weighted by molar-refractivity contribution is 5.30. The van der Waals surface area contributed by atoms with Crippen molar-refractivity contribution >= 4 is 0 Å².